The number of fused-ring (bicyclic) bond motifs is 1. The van der Waals surface area contributed by atoms with Gasteiger partial charge in [-0.15, -0.1) is 0 Å². The van der Waals surface area contributed by atoms with Crippen LogP contribution in [0, 0.1) is 6.92 Å². The Morgan fingerprint density at radius 2 is 1.80 bits per heavy atom. The molecule has 3 rings (SSSR count). The van der Waals surface area contributed by atoms with Gasteiger partial charge in [0.2, 0.25) is 0 Å². The highest BCUT2D eigenvalue weighted by Crippen LogP contribution is 2.25. The first-order chi connectivity index (χ1) is 12.2. The van der Waals surface area contributed by atoms with Crippen molar-refractivity contribution < 1.29 is 14.3 Å². The number of benzene rings is 2. The number of aryl methyl sites for hydroxylation is 1. The lowest BCUT2D eigenvalue weighted by molar-refractivity contribution is -0.133. The van der Waals surface area contributed by atoms with E-state index in [1.54, 1.807) is 0 Å². The molecule has 4 nitrogen and oxygen atoms in total. The molecule has 0 amide bonds. The van der Waals surface area contributed by atoms with Crippen LogP contribution in [0.3, 0.4) is 0 Å². The van der Waals surface area contributed by atoms with E-state index in [1.807, 2.05) is 36.4 Å². The van der Waals surface area contributed by atoms with Crippen LogP contribution in [-0.2, 0) is 20.8 Å². The smallest absolute Gasteiger partial charge is 0.341 e. The highest BCUT2D eigenvalue weighted by atomic mass is 16.5. The summed E-state index contributed by atoms with van der Waals surface area (Å²) in [5.41, 5.74) is 4.60. The third-order valence-electron chi connectivity index (χ3n) is 4.29. The van der Waals surface area contributed by atoms with Crippen LogP contribution in [0.25, 0.3) is 16.5 Å². The van der Waals surface area contributed by atoms with Gasteiger partial charge in [-0.3, -0.25) is 0 Å². The van der Waals surface area contributed by atoms with Gasteiger partial charge in [0.25, 0.3) is 0 Å². The first-order valence-electron chi connectivity index (χ1n) is 8.10. The van der Waals surface area contributed by atoms with E-state index < -0.39 is 5.97 Å². The van der Waals surface area contributed by atoms with Crippen LogP contribution in [0.1, 0.15) is 16.8 Å². The molecule has 0 aliphatic heterocycles. The number of hydrogen-bond acceptors (Lipinski definition) is 3. The molecule has 2 aromatic carbocycles. The van der Waals surface area contributed by atoms with E-state index in [-0.39, 0.29) is 0 Å². The van der Waals surface area contributed by atoms with E-state index in [0.29, 0.717) is 12.1 Å². The van der Waals surface area contributed by atoms with Crippen molar-refractivity contribution in [3.63, 3.8) is 0 Å². The lowest BCUT2D eigenvalue weighted by Gasteiger charge is -2.14. The van der Waals surface area contributed by atoms with Gasteiger partial charge < -0.3 is 14.0 Å². The number of nitrogens with zero attached hydrogens (tertiary/aromatic N) is 1. The van der Waals surface area contributed by atoms with Gasteiger partial charge in [-0.05, 0) is 35.6 Å². The highest BCUT2D eigenvalue weighted by molar-refractivity contribution is 6.16. The van der Waals surface area contributed by atoms with Crippen molar-refractivity contribution in [2.75, 3.05) is 14.2 Å². The molecule has 128 valence electrons. The first-order valence-corrected chi connectivity index (χ1v) is 8.10. The van der Waals surface area contributed by atoms with Gasteiger partial charge in [-0.1, -0.05) is 42.5 Å². The largest absolute Gasteiger partial charge is 0.503 e. The van der Waals surface area contributed by atoms with Gasteiger partial charge >= 0.3 is 5.97 Å². The number of carbonyl (C=O) groups excluding carboxylic acids is 1. The van der Waals surface area contributed by atoms with Gasteiger partial charge in [0.15, 0.2) is 0 Å². The van der Waals surface area contributed by atoms with E-state index in [0.717, 1.165) is 11.1 Å². The Bertz CT molecular complexity index is 937. The topological polar surface area (TPSA) is 40.5 Å². The van der Waals surface area contributed by atoms with Crippen LogP contribution in [0.15, 0.2) is 60.9 Å². The standard InChI is InChI=1S/C21H21NO3/c1-15-12-16-8-5-7-11-20(16)22(15)13-17-9-4-6-10-18(17)19(14-24-2)21(23)25-3/h4-12,14H,13H2,1-3H3. The van der Waals surface area contributed by atoms with Crippen molar-refractivity contribution in [2.24, 2.45) is 0 Å². The number of para-hydroxylation sites is 1. The summed E-state index contributed by atoms with van der Waals surface area (Å²) >= 11 is 0. The molecule has 0 aliphatic rings. The number of aromatic nitrogens is 1. The van der Waals surface area contributed by atoms with Crippen LogP contribution in [0.5, 0.6) is 0 Å². The second-order valence-corrected chi connectivity index (χ2v) is 5.85. The van der Waals surface area contributed by atoms with E-state index in [2.05, 4.69) is 29.7 Å². The predicted octanol–water partition coefficient (Wildman–Crippen LogP) is 4.16. The van der Waals surface area contributed by atoms with Crippen molar-refractivity contribution in [1.29, 1.82) is 0 Å². The summed E-state index contributed by atoms with van der Waals surface area (Å²) in [4.78, 5) is 12.2. The number of rotatable bonds is 5. The molecule has 0 atom stereocenters. The van der Waals surface area contributed by atoms with Crippen LogP contribution in [0.2, 0.25) is 0 Å². The van der Waals surface area contributed by atoms with Crippen LogP contribution in [-0.4, -0.2) is 24.8 Å². The number of methoxy groups -OCH3 is 2. The highest BCUT2D eigenvalue weighted by Gasteiger charge is 2.17. The molecular formula is C21H21NO3. The lowest BCUT2D eigenvalue weighted by Crippen LogP contribution is -2.09. The third-order valence-corrected chi connectivity index (χ3v) is 4.29. The second-order valence-electron chi connectivity index (χ2n) is 5.85. The van der Waals surface area contributed by atoms with Crippen LogP contribution >= 0.6 is 0 Å². The summed E-state index contributed by atoms with van der Waals surface area (Å²) in [7, 11) is 2.90. The summed E-state index contributed by atoms with van der Waals surface area (Å²) in [5, 5.41) is 1.21. The molecule has 3 aromatic rings. The maximum atomic E-state index is 12.2. The van der Waals surface area contributed by atoms with Crippen molar-refractivity contribution in [2.45, 2.75) is 13.5 Å². The molecule has 0 aliphatic carbocycles. The normalized spacial score (nSPS) is 11.6. The molecule has 0 saturated heterocycles. The summed E-state index contributed by atoms with van der Waals surface area (Å²) in [6.45, 7) is 2.75. The van der Waals surface area contributed by atoms with Crippen LogP contribution in [0.4, 0.5) is 0 Å². The van der Waals surface area contributed by atoms with E-state index in [1.165, 1.54) is 37.1 Å². The molecular weight excluding hydrogens is 314 g/mol. The SMILES string of the molecule is COC=C(C(=O)OC)c1ccccc1Cn1c(C)cc2ccccc21. The Morgan fingerprint density at radius 3 is 2.56 bits per heavy atom. The molecule has 0 saturated carbocycles. The minimum atomic E-state index is -0.414. The Hall–Kier alpha value is -3.01. The van der Waals surface area contributed by atoms with Crippen LogP contribution < -0.4 is 0 Å². The zero-order valence-corrected chi connectivity index (χ0v) is 14.7. The summed E-state index contributed by atoms with van der Waals surface area (Å²) in [6.07, 6.45) is 1.44. The van der Waals surface area contributed by atoms with Crippen molar-refractivity contribution >= 4 is 22.4 Å². The van der Waals surface area contributed by atoms with E-state index in [9.17, 15) is 4.79 Å². The van der Waals surface area contributed by atoms with Gasteiger partial charge in [0, 0.05) is 17.8 Å². The zero-order chi connectivity index (χ0) is 17.8. The maximum absolute atomic E-state index is 12.2. The van der Waals surface area contributed by atoms with Crippen molar-refractivity contribution in [1.82, 2.24) is 4.57 Å². The first kappa shape index (κ1) is 16.8. The number of esters is 1. The third kappa shape index (κ3) is 3.29. The average molecular weight is 335 g/mol. The molecule has 0 fully saturated rings. The number of ether oxygens (including phenoxy) is 2. The Labute approximate surface area is 147 Å². The van der Waals surface area contributed by atoms with Crippen molar-refractivity contribution in [3.05, 3.63) is 77.7 Å². The van der Waals surface area contributed by atoms with Gasteiger partial charge in [0.1, 0.15) is 5.57 Å². The molecule has 25 heavy (non-hydrogen) atoms. The summed E-state index contributed by atoms with van der Waals surface area (Å²) in [5.74, 6) is -0.414. The average Bonchev–Trinajstić information content (AvgIpc) is 2.95. The van der Waals surface area contributed by atoms with E-state index >= 15 is 0 Å². The fourth-order valence-corrected chi connectivity index (χ4v) is 3.10. The lowest BCUT2D eigenvalue weighted by atomic mass is 10.0. The fraction of sp³-hybridized carbons (Fsp3) is 0.190. The quantitative estimate of drug-likeness (QED) is 0.399. The monoisotopic (exact) mass is 335 g/mol. The Morgan fingerprint density at radius 1 is 1.08 bits per heavy atom. The van der Waals surface area contributed by atoms with Gasteiger partial charge in [-0.2, -0.15) is 0 Å². The van der Waals surface area contributed by atoms with Gasteiger partial charge in [0.05, 0.1) is 20.5 Å². The fourth-order valence-electron chi connectivity index (χ4n) is 3.10. The molecule has 1 aromatic heterocycles. The number of carbonyl (C=O) groups is 1. The van der Waals surface area contributed by atoms with E-state index in [4.69, 9.17) is 9.47 Å². The number of hydrogen-bond donors (Lipinski definition) is 0. The minimum absolute atomic E-state index is 0.412. The molecule has 0 bridgehead atoms. The molecule has 1 heterocycles. The summed E-state index contributed by atoms with van der Waals surface area (Å²) in [6, 6.07) is 18.3. The molecule has 0 N–H and O–H groups in total. The molecule has 0 radical (unpaired) electrons. The zero-order valence-electron chi connectivity index (χ0n) is 14.7. The molecule has 0 unspecified atom stereocenters. The second kappa shape index (κ2) is 7.26. The molecule has 0 spiro atoms. The van der Waals surface area contributed by atoms with Gasteiger partial charge in [-0.25, -0.2) is 4.79 Å². The predicted molar refractivity (Wildman–Crippen MR) is 99.2 cm³/mol. The summed E-state index contributed by atoms with van der Waals surface area (Å²) < 4.78 is 12.3. The Kier molecular flexibility index (Phi) is 4.89. The maximum Gasteiger partial charge on any atom is 0.341 e. The minimum Gasteiger partial charge on any atom is -0.503 e. The molecule has 4 heteroatoms. The Balaban J connectivity index is 2.08. The van der Waals surface area contributed by atoms with Crippen molar-refractivity contribution in [3.8, 4) is 0 Å².